The smallest absolute Gasteiger partial charge is 0.225 e. The summed E-state index contributed by atoms with van der Waals surface area (Å²) in [6.07, 6.45) is 0.711. The molecule has 1 atom stereocenters. The number of likely N-dealkylation sites (N-methyl/N-ethyl adjacent to an activating group) is 1. The molecule has 0 heterocycles. The second-order valence-electron chi connectivity index (χ2n) is 4.76. The van der Waals surface area contributed by atoms with Gasteiger partial charge in [0, 0.05) is 13.0 Å². The van der Waals surface area contributed by atoms with Crippen molar-refractivity contribution in [2.24, 2.45) is 11.7 Å². The number of carbonyl (C=O) groups is 1. The molecule has 0 aliphatic heterocycles. The number of methoxy groups -OCH3 is 1. The summed E-state index contributed by atoms with van der Waals surface area (Å²) in [5.74, 6) is 1.63. The Morgan fingerprint density at radius 1 is 1.30 bits per heavy atom. The molecule has 5 heteroatoms. The van der Waals surface area contributed by atoms with Crippen molar-refractivity contribution in [1.82, 2.24) is 4.90 Å². The summed E-state index contributed by atoms with van der Waals surface area (Å²) in [6.45, 7) is 3.45. The van der Waals surface area contributed by atoms with Crippen molar-refractivity contribution in [3.63, 3.8) is 0 Å². The van der Waals surface area contributed by atoms with Crippen LogP contribution in [0.2, 0.25) is 0 Å². The molecule has 0 fully saturated rings. The van der Waals surface area contributed by atoms with Crippen LogP contribution in [0.25, 0.3) is 0 Å². The standard InChI is InChI=1S/C15H24N2O3/c1-12(8-9-16)15(18)17(2)10-11-20-14-6-4-13(19-3)5-7-14/h4-7,12H,8-11,16H2,1-3H3. The van der Waals surface area contributed by atoms with Gasteiger partial charge < -0.3 is 20.1 Å². The number of hydrogen-bond donors (Lipinski definition) is 1. The fourth-order valence-electron chi connectivity index (χ4n) is 1.83. The molecule has 1 unspecified atom stereocenters. The van der Waals surface area contributed by atoms with Crippen molar-refractivity contribution < 1.29 is 14.3 Å². The highest BCUT2D eigenvalue weighted by Gasteiger charge is 2.16. The van der Waals surface area contributed by atoms with Crippen LogP contribution in [-0.4, -0.2) is 44.7 Å². The van der Waals surface area contributed by atoms with E-state index in [1.54, 1.807) is 19.1 Å². The first-order valence-electron chi connectivity index (χ1n) is 6.80. The van der Waals surface area contributed by atoms with Crippen LogP contribution in [0.5, 0.6) is 11.5 Å². The van der Waals surface area contributed by atoms with E-state index in [0.717, 1.165) is 11.5 Å². The van der Waals surface area contributed by atoms with E-state index in [1.165, 1.54) is 0 Å². The van der Waals surface area contributed by atoms with Crippen LogP contribution in [0.1, 0.15) is 13.3 Å². The predicted molar refractivity (Wildman–Crippen MR) is 79.0 cm³/mol. The van der Waals surface area contributed by atoms with E-state index in [4.69, 9.17) is 15.2 Å². The lowest BCUT2D eigenvalue weighted by molar-refractivity contribution is -0.134. The van der Waals surface area contributed by atoms with E-state index < -0.39 is 0 Å². The Kier molecular flexibility index (Phi) is 6.87. The van der Waals surface area contributed by atoms with Crippen molar-refractivity contribution >= 4 is 5.91 Å². The highest BCUT2D eigenvalue weighted by Crippen LogP contribution is 2.16. The molecule has 0 saturated carbocycles. The summed E-state index contributed by atoms with van der Waals surface area (Å²) in [5, 5.41) is 0. The van der Waals surface area contributed by atoms with E-state index in [0.29, 0.717) is 26.1 Å². The van der Waals surface area contributed by atoms with E-state index in [-0.39, 0.29) is 11.8 Å². The topological polar surface area (TPSA) is 64.8 Å². The SMILES string of the molecule is COc1ccc(OCCN(C)C(=O)C(C)CCN)cc1. The second kappa shape index (κ2) is 8.43. The molecule has 0 aromatic heterocycles. The molecule has 1 amide bonds. The van der Waals surface area contributed by atoms with Gasteiger partial charge in [-0.1, -0.05) is 6.92 Å². The summed E-state index contributed by atoms with van der Waals surface area (Å²) in [6, 6.07) is 7.37. The van der Waals surface area contributed by atoms with Gasteiger partial charge in [-0.15, -0.1) is 0 Å². The first kappa shape index (κ1) is 16.3. The molecular formula is C15H24N2O3. The Bertz CT molecular complexity index is 406. The lowest BCUT2D eigenvalue weighted by atomic mass is 10.1. The minimum absolute atomic E-state index is 0.0361. The molecular weight excluding hydrogens is 256 g/mol. The molecule has 0 radical (unpaired) electrons. The van der Waals surface area contributed by atoms with Gasteiger partial charge in [-0.3, -0.25) is 4.79 Å². The maximum atomic E-state index is 12.0. The zero-order chi connectivity index (χ0) is 15.0. The fraction of sp³-hybridized carbons (Fsp3) is 0.533. The fourth-order valence-corrected chi connectivity index (χ4v) is 1.83. The molecule has 0 aliphatic rings. The monoisotopic (exact) mass is 280 g/mol. The molecule has 1 aromatic carbocycles. The zero-order valence-corrected chi connectivity index (χ0v) is 12.5. The average molecular weight is 280 g/mol. The Hall–Kier alpha value is -1.75. The molecule has 0 saturated heterocycles. The van der Waals surface area contributed by atoms with Crippen LogP contribution in [0, 0.1) is 5.92 Å². The molecule has 1 aromatic rings. The van der Waals surface area contributed by atoms with Crippen LogP contribution in [-0.2, 0) is 4.79 Å². The Labute approximate surface area is 120 Å². The predicted octanol–water partition coefficient (Wildman–Crippen LogP) is 1.52. The van der Waals surface area contributed by atoms with Crippen LogP contribution >= 0.6 is 0 Å². The van der Waals surface area contributed by atoms with Crippen LogP contribution in [0.4, 0.5) is 0 Å². The number of nitrogens with two attached hydrogens (primary N) is 1. The summed E-state index contributed by atoms with van der Waals surface area (Å²) in [7, 11) is 3.41. The number of amides is 1. The van der Waals surface area contributed by atoms with Crippen molar-refractivity contribution in [2.75, 3.05) is 33.9 Å². The third-order valence-electron chi connectivity index (χ3n) is 3.15. The summed E-state index contributed by atoms with van der Waals surface area (Å²) >= 11 is 0. The van der Waals surface area contributed by atoms with Crippen molar-refractivity contribution in [1.29, 1.82) is 0 Å². The van der Waals surface area contributed by atoms with Crippen LogP contribution < -0.4 is 15.2 Å². The highest BCUT2D eigenvalue weighted by molar-refractivity contribution is 5.78. The first-order chi connectivity index (χ1) is 9.58. The largest absolute Gasteiger partial charge is 0.497 e. The van der Waals surface area contributed by atoms with Gasteiger partial charge in [0.05, 0.1) is 13.7 Å². The molecule has 0 spiro atoms. The minimum atomic E-state index is -0.0361. The molecule has 0 bridgehead atoms. The Morgan fingerprint density at radius 2 is 1.90 bits per heavy atom. The Morgan fingerprint density at radius 3 is 2.45 bits per heavy atom. The molecule has 20 heavy (non-hydrogen) atoms. The van der Waals surface area contributed by atoms with Gasteiger partial charge in [0.15, 0.2) is 0 Å². The third-order valence-corrected chi connectivity index (χ3v) is 3.15. The lowest BCUT2D eigenvalue weighted by Crippen LogP contribution is -2.35. The third kappa shape index (κ3) is 5.09. The van der Waals surface area contributed by atoms with Crippen molar-refractivity contribution in [3.8, 4) is 11.5 Å². The number of carbonyl (C=O) groups excluding carboxylic acids is 1. The van der Waals surface area contributed by atoms with E-state index in [9.17, 15) is 4.79 Å². The van der Waals surface area contributed by atoms with Gasteiger partial charge in [-0.05, 0) is 37.2 Å². The highest BCUT2D eigenvalue weighted by atomic mass is 16.5. The normalized spacial score (nSPS) is 11.8. The van der Waals surface area contributed by atoms with Crippen LogP contribution in [0.15, 0.2) is 24.3 Å². The lowest BCUT2D eigenvalue weighted by Gasteiger charge is -2.21. The zero-order valence-electron chi connectivity index (χ0n) is 12.5. The number of nitrogens with zero attached hydrogens (tertiary/aromatic N) is 1. The quantitative estimate of drug-likeness (QED) is 0.784. The summed E-state index contributed by atoms with van der Waals surface area (Å²) < 4.78 is 10.7. The molecule has 0 aliphatic carbocycles. The van der Waals surface area contributed by atoms with Gasteiger partial charge in [-0.2, -0.15) is 0 Å². The molecule has 1 rings (SSSR count). The van der Waals surface area contributed by atoms with Crippen molar-refractivity contribution in [2.45, 2.75) is 13.3 Å². The Balaban J connectivity index is 2.33. The van der Waals surface area contributed by atoms with E-state index in [1.807, 2.05) is 31.2 Å². The van der Waals surface area contributed by atoms with Gasteiger partial charge in [0.25, 0.3) is 0 Å². The van der Waals surface area contributed by atoms with Gasteiger partial charge in [0.1, 0.15) is 18.1 Å². The average Bonchev–Trinajstić information content (AvgIpc) is 2.47. The van der Waals surface area contributed by atoms with Gasteiger partial charge >= 0.3 is 0 Å². The van der Waals surface area contributed by atoms with E-state index in [2.05, 4.69) is 0 Å². The molecule has 2 N–H and O–H groups in total. The first-order valence-corrected chi connectivity index (χ1v) is 6.80. The molecule has 112 valence electrons. The number of benzene rings is 1. The summed E-state index contributed by atoms with van der Waals surface area (Å²) in [5.41, 5.74) is 5.46. The second-order valence-corrected chi connectivity index (χ2v) is 4.76. The van der Waals surface area contributed by atoms with Gasteiger partial charge in [0.2, 0.25) is 5.91 Å². The minimum Gasteiger partial charge on any atom is -0.497 e. The van der Waals surface area contributed by atoms with Crippen molar-refractivity contribution in [3.05, 3.63) is 24.3 Å². The number of rotatable bonds is 8. The number of ether oxygens (including phenoxy) is 2. The maximum absolute atomic E-state index is 12.0. The van der Waals surface area contributed by atoms with E-state index >= 15 is 0 Å². The van der Waals surface area contributed by atoms with Crippen LogP contribution in [0.3, 0.4) is 0 Å². The maximum Gasteiger partial charge on any atom is 0.225 e. The van der Waals surface area contributed by atoms with Gasteiger partial charge in [-0.25, -0.2) is 0 Å². The number of hydrogen-bond acceptors (Lipinski definition) is 4. The summed E-state index contributed by atoms with van der Waals surface area (Å²) in [4.78, 5) is 13.6. The molecule has 5 nitrogen and oxygen atoms in total.